The van der Waals surface area contributed by atoms with Crippen molar-refractivity contribution in [2.24, 2.45) is 11.1 Å². The number of hydrogen-bond acceptors (Lipinski definition) is 3. The van der Waals surface area contributed by atoms with Crippen molar-refractivity contribution < 1.29 is 9.53 Å². The zero-order valence-corrected chi connectivity index (χ0v) is 11.2. The molecule has 0 aromatic carbocycles. The highest BCUT2D eigenvalue weighted by atomic mass is 16.6. The van der Waals surface area contributed by atoms with Crippen molar-refractivity contribution in [3.05, 3.63) is 0 Å². The Kier molecular flexibility index (Phi) is 3.10. The maximum atomic E-state index is 12.0. The minimum absolute atomic E-state index is 0.177. The van der Waals surface area contributed by atoms with Crippen LogP contribution in [0.3, 0.4) is 0 Å². The lowest BCUT2D eigenvalue weighted by Gasteiger charge is -2.29. The predicted octanol–water partition coefficient (Wildman–Crippen LogP) is 2.12. The second-order valence-corrected chi connectivity index (χ2v) is 6.51. The first-order valence-electron chi connectivity index (χ1n) is 6.56. The van der Waals surface area contributed by atoms with Crippen molar-refractivity contribution in [1.29, 1.82) is 0 Å². The van der Waals surface area contributed by atoms with Crippen LogP contribution < -0.4 is 5.73 Å². The van der Waals surface area contributed by atoms with Gasteiger partial charge in [0, 0.05) is 24.5 Å². The first-order valence-corrected chi connectivity index (χ1v) is 6.56. The minimum atomic E-state index is -0.412. The zero-order valence-electron chi connectivity index (χ0n) is 11.2. The highest BCUT2D eigenvalue weighted by molar-refractivity contribution is 5.68. The molecule has 1 aliphatic carbocycles. The van der Waals surface area contributed by atoms with E-state index in [1.165, 1.54) is 6.42 Å². The molecule has 1 heterocycles. The smallest absolute Gasteiger partial charge is 0.410 e. The van der Waals surface area contributed by atoms with Gasteiger partial charge in [-0.05, 0) is 40.0 Å². The molecule has 2 fully saturated rings. The Hall–Kier alpha value is -0.770. The van der Waals surface area contributed by atoms with Crippen LogP contribution in [0.1, 0.15) is 46.5 Å². The van der Waals surface area contributed by atoms with E-state index in [0.29, 0.717) is 0 Å². The lowest BCUT2D eigenvalue weighted by Crippen LogP contribution is -2.41. The average Bonchev–Trinajstić information content (AvgIpc) is 2.74. The van der Waals surface area contributed by atoms with Crippen LogP contribution in [0, 0.1) is 5.41 Å². The number of nitrogens with two attached hydrogens (primary N) is 1. The fourth-order valence-corrected chi connectivity index (χ4v) is 3.05. The summed E-state index contributed by atoms with van der Waals surface area (Å²) in [6.07, 6.45) is 4.31. The first-order chi connectivity index (χ1) is 7.82. The van der Waals surface area contributed by atoms with Gasteiger partial charge in [0.05, 0.1) is 0 Å². The van der Waals surface area contributed by atoms with E-state index in [0.717, 1.165) is 32.4 Å². The molecule has 0 unspecified atom stereocenters. The van der Waals surface area contributed by atoms with Gasteiger partial charge in [-0.25, -0.2) is 4.79 Å². The van der Waals surface area contributed by atoms with Crippen LogP contribution in [0.15, 0.2) is 0 Å². The van der Waals surface area contributed by atoms with Crippen LogP contribution in [0.5, 0.6) is 0 Å². The van der Waals surface area contributed by atoms with Gasteiger partial charge in [-0.1, -0.05) is 6.42 Å². The molecule has 4 nitrogen and oxygen atoms in total. The summed E-state index contributed by atoms with van der Waals surface area (Å²) >= 11 is 0. The van der Waals surface area contributed by atoms with Gasteiger partial charge in [-0.2, -0.15) is 0 Å². The Labute approximate surface area is 103 Å². The molecule has 2 aliphatic rings. The standard InChI is InChI=1S/C13H24N2O2/c1-12(2,3)17-11(16)15-8-7-13(9-15)6-4-5-10(13)14/h10H,4-9,14H2,1-3H3/t10-,13-/m0/s1. The SMILES string of the molecule is CC(C)(C)OC(=O)N1CC[C@@]2(CCC[C@@H]2N)C1. The molecule has 2 rings (SSSR count). The van der Waals surface area contributed by atoms with E-state index >= 15 is 0 Å². The van der Waals surface area contributed by atoms with Gasteiger partial charge in [0.15, 0.2) is 0 Å². The first kappa shape index (κ1) is 12.7. The van der Waals surface area contributed by atoms with Gasteiger partial charge in [-0.3, -0.25) is 0 Å². The average molecular weight is 240 g/mol. The minimum Gasteiger partial charge on any atom is -0.444 e. The lowest BCUT2D eigenvalue weighted by molar-refractivity contribution is 0.0271. The maximum Gasteiger partial charge on any atom is 0.410 e. The van der Waals surface area contributed by atoms with Crippen LogP contribution in [-0.4, -0.2) is 35.7 Å². The predicted molar refractivity (Wildman–Crippen MR) is 66.7 cm³/mol. The second-order valence-electron chi connectivity index (χ2n) is 6.51. The Balaban J connectivity index is 1.96. The third-order valence-electron chi connectivity index (χ3n) is 4.01. The molecule has 0 aromatic heterocycles. The molecule has 0 aromatic rings. The molecule has 2 atom stereocenters. The Bertz CT molecular complexity index is 311. The number of ether oxygens (including phenoxy) is 1. The molecule has 1 spiro atoms. The number of likely N-dealkylation sites (tertiary alicyclic amines) is 1. The van der Waals surface area contributed by atoms with E-state index < -0.39 is 5.60 Å². The normalized spacial score (nSPS) is 33.4. The van der Waals surface area contributed by atoms with Crippen molar-refractivity contribution in [2.45, 2.75) is 58.1 Å². The third kappa shape index (κ3) is 2.57. The molecule has 1 saturated heterocycles. The Morgan fingerprint density at radius 2 is 2.12 bits per heavy atom. The molecular formula is C13H24N2O2. The van der Waals surface area contributed by atoms with Crippen LogP contribution in [0.2, 0.25) is 0 Å². The summed E-state index contributed by atoms with van der Waals surface area (Å²) in [6, 6.07) is 0.259. The quantitative estimate of drug-likeness (QED) is 0.705. The topological polar surface area (TPSA) is 55.6 Å². The summed E-state index contributed by atoms with van der Waals surface area (Å²) in [5.41, 5.74) is 5.95. The number of carbonyl (C=O) groups excluding carboxylic acids is 1. The van der Waals surface area contributed by atoms with E-state index in [2.05, 4.69) is 0 Å². The monoisotopic (exact) mass is 240 g/mol. The van der Waals surface area contributed by atoms with Crippen LogP contribution in [0.25, 0.3) is 0 Å². The molecule has 1 amide bonds. The van der Waals surface area contributed by atoms with E-state index in [1.54, 1.807) is 0 Å². The highest BCUT2D eigenvalue weighted by Crippen LogP contribution is 2.44. The third-order valence-corrected chi connectivity index (χ3v) is 4.01. The van der Waals surface area contributed by atoms with Crippen LogP contribution in [0.4, 0.5) is 4.79 Å². The largest absolute Gasteiger partial charge is 0.444 e. The van der Waals surface area contributed by atoms with E-state index in [9.17, 15) is 4.79 Å². The number of hydrogen-bond donors (Lipinski definition) is 1. The van der Waals surface area contributed by atoms with Gasteiger partial charge in [0.1, 0.15) is 5.60 Å². The number of carbonyl (C=O) groups is 1. The van der Waals surface area contributed by atoms with Crippen molar-refractivity contribution in [2.75, 3.05) is 13.1 Å². The van der Waals surface area contributed by atoms with Crippen LogP contribution >= 0.6 is 0 Å². The zero-order chi connectivity index (χ0) is 12.7. The van der Waals surface area contributed by atoms with E-state index in [-0.39, 0.29) is 17.6 Å². The molecule has 2 N–H and O–H groups in total. The lowest BCUT2D eigenvalue weighted by atomic mass is 9.82. The summed E-state index contributed by atoms with van der Waals surface area (Å²) in [6.45, 7) is 7.28. The van der Waals surface area contributed by atoms with Gasteiger partial charge >= 0.3 is 6.09 Å². The number of rotatable bonds is 0. The van der Waals surface area contributed by atoms with Crippen LogP contribution in [-0.2, 0) is 4.74 Å². The highest BCUT2D eigenvalue weighted by Gasteiger charge is 2.47. The second kappa shape index (κ2) is 4.16. The Morgan fingerprint density at radius 3 is 2.65 bits per heavy atom. The summed E-state index contributed by atoms with van der Waals surface area (Å²) in [5, 5.41) is 0. The van der Waals surface area contributed by atoms with Gasteiger partial charge in [0.2, 0.25) is 0 Å². The molecule has 4 heteroatoms. The maximum absolute atomic E-state index is 12.0. The fourth-order valence-electron chi connectivity index (χ4n) is 3.05. The summed E-state index contributed by atoms with van der Waals surface area (Å²) in [5.74, 6) is 0. The number of nitrogens with zero attached hydrogens (tertiary/aromatic N) is 1. The van der Waals surface area contributed by atoms with Gasteiger partial charge < -0.3 is 15.4 Å². The van der Waals surface area contributed by atoms with Crippen molar-refractivity contribution >= 4 is 6.09 Å². The molecule has 98 valence electrons. The molecule has 0 radical (unpaired) electrons. The Morgan fingerprint density at radius 1 is 1.41 bits per heavy atom. The molecule has 0 bridgehead atoms. The molecule has 1 aliphatic heterocycles. The summed E-state index contributed by atoms with van der Waals surface area (Å²) < 4.78 is 5.41. The molecule has 17 heavy (non-hydrogen) atoms. The van der Waals surface area contributed by atoms with Crippen molar-refractivity contribution in [1.82, 2.24) is 4.90 Å². The number of amides is 1. The van der Waals surface area contributed by atoms with Gasteiger partial charge in [-0.15, -0.1) is 0 Å². The summed E-state index contributed by atoms with van der Waals surface area (Å²) in [4.78, 5) is 13.8. The van der Waals surface area contributed by atoms with Crippen molar-refractivity contribution in [3.8, 4) is 0 Å². The van der Waals surface area contributed by atoms with Gasteiger partial charge in [0.25, 0.3) is 0 Å². The van der Waals surface area contributed by atoms with Crippen molar-refractivity contribution in [3.63, 3.8) is 0 Å². The van der Waals surface area contributed by atoms with E-state index in [1.807, 2.05) is 25.7 Å². The molecule has 1 saturated carbocycles. The van der Waals surface area contributed by atoms with E-state index in [4.69, 9.17) is 10.5 Å². The summed E-state index contributed by atoms with van der Waals surface area (Å²) in [7, 11) is 0. The molecular weight excluding hydrogens is 216 g/mol. The fraction of sp³-hybridized carbons (Fsp3) is 0.923.